The Labute approximate surface area is 142 Å². The molecule has 0 atom stereocenters. The Morgan fingerprint density at radius 3 is 2.50 bits per heavy atom. The van der Waals surface area contributed by atoms with Crippen LogP contribution in [-0.2, 0) is 19.1 Å². The summed E-state index contributed by atoms with van der Waals surface area (Å²) in [5, 5.41) is 7.48. The molecule has 2 N–H and O–H groups in total. The summed E-state index contributed by atoms with van der Waals surface area (Å²) in [5.74, 6) is 0.533. The van der Waals surface area contributed by atoms with E-state index in [2.05, 4.69) is 44.9 Å². The van der Waals surface area contributed by atoms with Crippen LogP contribution in [-0.4, -0.2) is 24.5 Å². The van der Waals surface area contributed by atoms with Crippen LogP contribution in [0.1, 0.15) is 21.8 Å². The third-order valence-electron chi connectivity index (χ3n) is 3.30. The number of aliphatic imine (C=N–C) groups is 1. The molecule has 8 heteroatoms. The molecule has 0 aliphatic heterocycles. The first-order chi connectivity index (χ1) is 11.4. The van der Waals surface area contributed by atoms with Crippen LogP contribution in [0.4, 0.5) is 13.2 Å². The first kappa shape index (κ1) is 18.3. The molecular formula is C16H19F3N4S. The highest BCUT2D eigenvalue weighted by Gasteiger charge is 2.33. The van der Waals surface area contributed by atoms with E-state index in [-0.39, 0.29) is 6.54 Å². The Balaban J connectivity index is 1.78. The summed E-state index contributed by atoms with van der Waals surface area (Å²) in [6, 6.07) is 8.26. The molecule has 2 aromatic rings. The Bertz CT molecular complexity index is 677. The molecule has 1 aromatic heterocycles. The van der Waals surface area contributed by atoms with Crippen LogP contribution in [0.5, 0.6) is 0 Å². The number of nitrogens with zero attached hydrogens (tertiary/aromatic N) is 2. The van der Waals surface area contributed by atoms with Crippen molar-refractivity contribution in [3.8, 4) is 0 Å². The highest BCUT2D eigenvalue weighted by atomic mass is 32.1. The number of rotatable bonds is 5. The number of hydrogen-bond acceptors (Lipinski definition) is 3. The van der Waals surface area contributed by atoms with E-state index in [1.54, 1.807) is 7.05 Å². The number of guanidine groups is 1. The molecular weight excluding hydrogens is 337 g/mol. The molecule has 0 radical (unpaired) electrons. The molecule has 2 rings (SSSR count). The molecule has 130 valence electrons. The third-order valence-corrected chi connectivity index (χ3v) is 4.15. The van der Waals surface area contributed by atoms with Gasteiger partial charge in [0.15, 0.2) is 11.7 Å². The van der Waals surface area contributed by atoms with Gasteiger partial charge in [-0.3, -0.25) is 4.99 Å². The number of alkyl halides is 3. The molecule has 0 saturated carbocycles. The molecule has 0 aliphatic carbocycles. The number of aryl methyl sites for hydroxylation is 1. The van der Waals surface area contributed by atoms with Crippen LogP contribution in [0.3, 0.4) is 0 Å². The summed E-state index contributed by atoms with van der Waals surface area (Å²) in [7, 11) is 1.62. The van der Waals surface area contributed by atoms with Gasteiger partial charge in [0.1, 0.15) is 5.01 Å². The number of benzene rings is 1. The second-order valence-electron chi connectivity index (χ2n) is 5.21. The monoisotopic (exact) mass is 356 g/mol. The lowest BCUT2D eigenvalue weighted by Gasteiger charge is -2.11. The van der Waals surface area contributed by atoms with E-state index in [4.69, 9.17) is 0 Å². The van der Waals surface area contributed by atoms with Crippen LogP contribution in [0.2, 0.25) is 0 Å². The summed E-state index contributed by atoms with van der Waals surface area (Å²) < 4.78 is 37.5. The molecule has 0 unspecified atom stereocenters. The fourth-order valence-electron chi connectivity index (χ4n) is 1.98. The SMILES string of the molecule is CN=C(NCCc1ccc(C)cc1)NCc1nc(C(F)(F)F)cs1. The lowest BCUT2D eigenvalue weighted by atomic mass is 10.1. The molecule has 4 nitrogen and oxygen atoms in total. The maximum Gasteiger partial charge on any atom is 0.434 e. The smallest absolute Gasteiger partial charge is 0.356 e. The number of halogens is 3. The minimum Gasteiger partial charge on any atom is -0.356 e. The summed E-state index contributed by atoms with van der Waals surface area (Å²) in [4.78, 5) is 7.63. The summed E-state index contributed by atoms with van der Waals surface area (Å²) >= 11 is 0.975. The van der Waals surface area contributed by atoms with E-state index in [0.29, 0.717) is 17.5 Å². The zero-order valence-corrected chi connectivity index (χ0v) is 14.3. The number of nitrogens with one attached hydrogen (secondary N) is 2. The topological polar surface area (TPSA) is 49.3 Å². The van der Waals surface area contributed by atoms with Gasteiger partial charge < -0.3 is 10.6 Å². The lowest BCUT2D eigenvalue weighted by Crippen LogP contribution is -2.37. The lowest BCUT2D eigenvalue weighted by molar-refractivity contribution is -0.140. The van der Waals surface area contributed by atoms with E-state index in [0.717, 1.165) is 23.1 Å². The van der Waals surface area contributed by atoms with Gasteiger partial charge in [0.2, 0.25) is 0 Å². The van der Waals surface area contributed by atoms with Crippen LogP contribution < -0.4 is 10.6 Å². The minimum atomic E-state index is -4.40. The van der Waals surface area contributed by atoms with E-state index >= 15 is 0 Å². The van der Waals surface area contributed by atoms with Crippen molar-refractivity contribution < 1.29 is 13.2 Å². The molecule has 0 amide bonds. The Morgan fingerprint density at radius 1 is 1.21 bits per heavy atom. The van der Waals surface area contributed by atoms with Gasteiger partial charge in [0, 0.05) is 19.0 Å². The highest BCUT2D eigenvalue weighted by Crippen LogP contribution is 2.29. The molecule has 1 heterocycles. The standard InChI is InChI=1S/C16H19F3N4S/c1-11-3-5-12(6-4-11)7-8-21-15(20-2)22-9-14-23-13(10-24-14)16(17,18)19/h3-6,10H,7-9H2,1-2H3,(H2,20,21,22). The quantitative estimate of drug-likeness (QED) is 0.638. The van der Waals surface area contributed by atoms with E-state index in [9.17, 15) is 13.2 Å². The molecule has 0 aliphatic rings. The van der Waals surface area contributed by atoms with Gasteiger partial charge in [-0.25, -0.2) is 4.98 Å². The fraction of sp³-hybridized carbons (Fsp3) is 0.375. The maximum absolute atomic E-state index is 12.5. The minimum absolute atomic E-state index is 0.199. The van der Waals surface area contributed by atoms with Gasteiger partial charge in [-0.1, -0.05) is 29.8 Å². The average Bonchev–Trinajstić information content (AvgIpc) is 3.01. The van der Waals surface area contributed by atoms with Crippen LogP contribution in [0.15, 0.2) is 34.6 Å². The normalized spacial score (nSPS) is 12.3. The van der Waals surface area contributed by atoms with Crippen molar-refractivity contribution in [1.82, 2.24) is 15.6 Å². The van der Waals surface area contributed by atoms with Crippen molar-refractivity contribution in [3.05, 3.63) is 51.5 Å². The second-order valence-corrected chi connectivity index (χ2v) is 6.16. The highest BCUT2D eigenvalue weighted by molar-refractivity contribution is 7.09. The predicted molar refractivity (Wildman–Crippen MR) is 90.2 cm³/mol. The number of thiazole rings is 1. The van der Waals surface area contributed by atoms with Gasteiger partial charge in [-0.15, -0.1) is 11.3 Å². The first-order valence-electron chi connectivity index (χ1n) is 7.40. The van der Waals surface area contributed by atoms with Gasteiger partial charge in [0.05, 0.1) is 6.54 Å². The Hall–Kier alpha value is -2.09. The van der Waals surface area contributed by atoms with Gasteiger partial charge in [-0.05, 0) is 18.9 Å². The van der Waals surface area contributed by atoms with Crippen molar-refractivity contribution >= 4 is 17.3 Å². The Morgan fingerprint density at radius 2 is 1.92 bits per heavy atom. The predicted octanol–water partition coefficient (Wildman–Crippen LogP) is 3.38. The van der Waals surface area contributed by atoms with Crippen molar-refractivity contribution in [2.45, 2.75) is 26.1 Å². The maximum atomic E-state index is 12.5. The average molecular weight is 356 g/mol. The molecule has 0 spiro atoms. The van der Waals surface area contributed by atoms with Gasteiger partial charge >= 0.3 is 6.18 Å². The summed E-state index contributed by atoms with van der Waals surface area (Å²) in [5.41, 5.74) is 1.57. The van der Waals surface area contributed by atoms with Crippen LogP contribution >= 0.6 is 11.3 Å². The zero-order chi connectivity index (χ0) is 17.6. The van der Waals surface area contributed by atoms with Crippen molar-refractivity contribution in [3.63, 3.8) is 0 Å². The van der Waals surface area contributed by atoms with Gasteiger partial charge in [0.25, 0.3) is 0 Å². The first-order valence-corrected chi connectivity index (χ1v) is 8.28. The van der Waals surface area contributed by atoms with Crippen molar-refractivity contribution in [2.75, 3.05) is 13.6 Å². The van der Waals surface area contributed by atoms with Crippen LogP contribution in [0, 0.1) is 6.92 Å². The number of hydrogen-bond donors (Lipinski definition) is 2. The van der Waals surface area contributed by atoms with Gasteiger partial charge in [-0.2, -0.15) is 13.2 Å². The summed E-state index contributed by atoms with van der Waals surface area (Å²) in [6.07, 6.45) is -3.57. The van der Waals surface area contributed by atoms with Crippen molar-refractivity contribution in [1.29, 1.82) is 0 Å². The largest absolute Gasteiger partial charge is 0.434 e. The second kappa shape index (κ2) is 8.14. The molecule has 0 fully saturated rings. The van der Waals surface area contributed by atoms with E-state index in [1.807, 2.05) is 6.92 Å². The summed E-state index contributed by atoms with van der Waals surface area (Å²) in [6.45, 7) is 2.91. The van der Waals surface area contributed by atoms with Crippen molar-refractivity contribution in [2.24, 2.45) is 4.99 Å². The Kier molecular flexibility index (Phi) is 6.19. The third kappa shape index (κ3) is 5.52. The van der Waals surface area contributed by atoms with Crippen LogP contribution in [0.25, 0.3) is 0 Å². The van der Waals surface area contributed by atoms with E-state index < -0.39 is 11.9 Å². The fourth-order valence-corrected chi connectivity index (χ4v) is 2.72. The molecule has 0 saturated heterocycles. The molecule has 24 heavy (non-hydrogen) atoms. The zero-order valence-electron chi connectivity index (χ0n) is 13.4. The number of aromatic nitrogens is 1. The molecule has 1 aromatic carbocycles. The van der Waals surface area contributed by atoms with E-state index in [1.165, 1.54) is 11.1 Å². The molecule has 0 bridgehead atoms.